The van der Waals surface area contributed by atoms with Crippen LogP contribution in [0, 0.1) is 17.5 Å². The topological polar surface area (TPSA) is 29.1 Å². The first kappa shape index (κ1) is 13.5. The van der Waals surface area contributed by atoms with Crippen LogP contribution in [-0.2, 0) is 0 Å². The second-order valence-corrected chi connectivity index (χ2v) is 4.20. The number of hydrogen-bond acceptors (Lipinski definition) is 2. The fourth-order valence-corrected chi connectivity index (χ4v) is 1.74. The van der Waals surface area contributed by atoms with Crippen molar-refractivity contribution in [2.45, 2.75) is 4.90 Å². The molecule has 0 saturated carbocycles. The van der Waals surface area contributed by atoms with Crippen LogP contribution in [0.25, 0.3) is 0 Å². The van der Waals surface area contributed by atoms with Gasteiger partial charge in [-0.1, -0.05) is 12.1 Å². The number of halogens is 3. The third kappa shape index (κ3) is 2.90. The second-order valence-electron chi connectivity index (χ2n) is 3.72. The summed E-state index contributed by atoms with van der Waals surface area (Å²) in [6.45, 7) is 0. The Kier molecular flexibility index (Phi) is 3.80. The molecule has 1 amide bonds. The maximum absolute atomic E-state index is 13.4. The van der Waals surface area contributed by atoms with Crippen LogP contribution >= 0.6 is 12.6 Å². The fraction of sp³-hybridized carbons (Fsp3) is 0. The van der Waals surface area contributed by atoms with Crippen LogP contribution in [-0.4, -0.2) is 5.91 Å². The van der Waals surface area contributed by atoms with Gasteiger partial charge in [0.25, 0.3) is 5.91 Å². The molecular formula is C13H8F3NOS. The molecule has 2 aromatic rings. The molecule has 6 heteroatoms. The lowest BCUT2D eigenvalue weighted by Gasteiger charge is -2.08. The van der Waals surface area contributed by atoms with Crippen molar-refractivity contribution in [2.24, 2.45) is 0 Å². The molecule has 0 aliphatic heterocycles. The molecule has 0 bridgehead atoms. The monoisotopic (exact) mass is 283 g/mol. The van der Waals surface area contributed by atoms with Gasteiger partial charge in [-0.15, -0.1) is 12.6 Å². The largest absolute Gasteiger partial charge is 0.319 e. The molecule has 2 nitrogen and oxygen atoms in total. The highest BCUT2D eigenvalue weighted by Gasteiger charge is 2.14. The van der Waals surface area contributed by atoms with E-state index in [1.54, 1.807) is 18.2 Å². The summed E-state index contributed by atoms with van der Waals surface area (Å²) < 4.78 is 39.1. The predicted octanol–water partition coefficient (Wildman–Crippen LogP) is 3.64. The number of anilines is 1. The van der Waals surface area contributed by atoms with Crippen molar-refractivity contribution in [3.05, 3.63) is 59.4 Å². The fourth-order valence-electron chi connectivity index (χ4n) is 1.47. The normalized spacial score (nSPS) is 10.3. The maximum atomic E-state index is 13.4. The number of carbonyl (C=O) groups is 1. The number of thiol groups is 1. The molecule has 0 fully saturated rings. The molecule has 0 aliphatic carbocycles. The van der Waals surface area contributed by atoms with E-state index in [0.29, 0.717) is 17.0 Å². The van der Waals surface area contributed by atoms with Crippen LogP contribution in [0.3, 0.4) is 0 Å². The summed E-state index contributed by atoms with van der Waals surface area (Å²) in [6.07, 6.45) is 0. The van der Waals surface area contributed by atoms with E-state index in [1.165, 1.54) is 6.07 Å². The lowest BCUT2D eigenvalue weighted by molar-refractivity contribution is 0.102. The average Bonchev–Trinajstić information content (AvgIpc) is 2.36. The van der Waals surface area contributed by atoms with Gasteiger partial charge in [-0.25, -0.2) is 13.2 Å². The zero-order chi connectivity index (χ0) is 14.0. The summed E-state index contributed by atoms with van der Waals surface area (Å²) in [6, 6.07) is 7.31. The number of amides is 1. The molecule has 0 heterocycles. The van der Waals surface area contributed by atoms with Crippen molar-refractivity contribution >= 4 is 24.2 Å². The third-order valence-electron chi connectivity index (χ3n) is 2.41. The van der Waals surface area contributed by atoms with Crippen LogP contribution in [0.5, 0.6) is 0 Å². The summed E-state index contributed by atoms with van der Waals surface area (Å²) in [4.78, 5) is 12.2. The quantitative estimate of drug-likeness (QED) is 0.639. The van der Waals surface area contributed by atoms with Gasteiger partial charge in [0, 0.05) is 17.0 Å². The van der Waals surface area contributed by atoms with E-state index >= 15 is 0 Å². The minimum atomic E-state index is -1.31. The Morgan fingerprint density at radius 3 is 2.32 bits per heavy atom. The van der Waals surface area contributed by atoms with E-state index in [-0.39, 0.29) is 5.56 Å². The first-order chi connectivity index (χ1) is 8.99. The molecule has 19 heavy (non-hydrogen) atoms. The van der Waals surface area contributed by atoms with Gasteiger partial charge in [0.2, 0.25) is 0 Å². The summed E-state index contributed by atoms with van der Waals surface area (Å²) in [5, 5.41) is 2.17. The molecule has 0 spiro atoms. The van der Waals surface area contributed by atoms with Gasteiger partial charge in [-0.2, -0.15) is 0 Å². The van der Waals surface area contributed by atoms with Crippen LogP contribution in [0.2, 0.25) is 0 Å². The van der Waals surface area contributed by atoms with Crippen molar-refractivity contribution < 1.29 is 18.0 Å². The van der Waals surface area contributed by atoms with Crippen molar-refractivity contribution in [1.29, 1.82) is 0 Å². The van der Waals surface area contributed by atoms with Gasteiger partial charge < -0.3 is 5.32 Å². The highest BCUT2D eigenvalue weighted by atomic mass is 32.1. The molecule has 0 aromatic heterocycles. The Hall–Kier alpha value is -1.95. The Bertz CT molecular complexity index is 646. The summed E-state index contributed by atoms with van der Waals surface area (Å²) in [5.41, 5.74) is -0.226. The smallest absolute Gasteiger partial charge is 0.256 e. The van der Waals surface area contributed by atoms with E-state index in [1.807, 2.05) is 0 Å². The maximum Gasteiger partial charge on any atom is 0.256 e. The minimum absolute atomic E-state index is 0.204. The zero-order valence-corrected chi connectivity index (χ0v) is 10.3. The van der Waals surface area contributed by atoms with Crippen molar-refractivity contribution in [3.8, 4) is 0 Å². The standard InChI is InChI=1S/C13H8F3NOS/c14-8-5-10(16)11(6-9(8)15)17-13(18)7-3-1-2-4-12(7)19/h1-6,19H,(H,17,18). The Morgan fingerprint density at radius 2 is 1.63 bits per heavy atom. The van der Waals surface area contributed by atoms with Gasteiger partial charge in [0.1, 0.15) is 5.82 Å². The van der Waals surface area contributed by atoms with Crippen LogP contribution in [0.1, 0.15) is 10.4 Å². The minimum Gasteiger partial charge on any atom is -0.319 e. The molecule has 0 unspecified atom stereocenters. The Morgan fingerprint density at radius 1 is 1.00 bits per heavy atom. The molecule has 0 aliphatic rings. The average molecular weight is 283 g/mol. The van der Waals surface area contributed by atoms with Crippen molar-refractivity contribution in [2.75, 3.05) is 5.32 Å². The Labute approximate surface area is 112 Å². The third-order valence-corrected chi connectivity index (χ3v) is 2.80. The number of nitrogens with one attached hydrogen (secondary N) is 1. The Balaban J connectivity index is 2.30. The van der Waals surface area contributed by atoms with E-state index < -0.39 is 29.0 Å². The van der Waals surface area contributed by atoms with Gasteiger partial charge in [0.05, 0.1) is 11.3 Å². The predicted molar refractivity (Wildman–Crippen MR) is 68.0 cm³/mol. The van der Waals surface area contributed by atoms with Crippen molar-refractivity contribution in [1.82, 2.24) is 0 Å². The number of carbonyl (C=O) groups excluding carboxylic acids is 1. The van der Waals surface area contributed by atoms with Crippen LogP contribution in [0.4, 0.5) is 18.9 Å². The highest BCUT2D eigenvalue weighted by Crippen LogP contribution is 2.20. The molecule has 2 aromatic carbocycles. The van der Waals surface area contributed by atoms with Gasteiger partial charge in [-0.3, -0.25) is 4.79 Å². The van der Waals surface area contributed by atoms with Gasteiger partial charge in [0.15, 0.2) is 11.6 Å². The molecule has 2 rings (SSSR count). The summed E-state index contributed by atoms with van der Waals surface area (Å²) in [7, 11) is 0. The van der Waals surface area contributed by atoms with Gasteiger partial charge >= 0.3 is 0 Å². The highest BCUT2D eigenvalue weighted by molar-refractivity contribution is 7.80. The molecule has 98 valence electrons. The lowest BCUT2D eigenvalue weighted by atomic mass is 10.2. The SMILES string of the molecule is O=C(Nc1cc(F)c(F)cc1F)c1ccccc1S. The number of benzene rings is 2. The van der Waals surface area contributed by atoms with E-state index in [0.717, 1.165) is 0 Å². The van der Waals surface area contributed by atoms with E-state index in [4.69, 9.17) is 0 Å². The molecule has 1 N–H and O–H groups in total. The van der Waals surface area contributed by atoms with Crippen molar-refractivity contribution in [3.63, 3.8) is 0 Å². The van der Waals surface area contributed by atoms with Gasteiger partial charge in [-0.05, 0) is 12.1 Å². The second kappa shape index (κ2) is 5.36. The molecule has 0 saturated heterocycles. The summed E-state index contributed by atoms with van der Waals surface area (Å²) >= 11 is 4.08. The summed E-state index contributed by atoms with van der Waals surface area (Å²) in [5.74, 6) is -4.26. The van der Waals surface area contributed by atoms with Crippen LogP contribution in [0.15, 0.2) is 41.3 Å². The number of rotatable bonds is 2. The molecule has 0 radical (unpaired) electrons. The van der Waals surface area contributed by atoms with E-state index in [9.17, 15) is 18.0 Å². The first-order valence-electron chi connectivity index (χ1n) is 5.23. The van der Waals surface area contributed by atoms with Crippen LogP contribution < -0.4 is 5.32 Å². The molecule has 0 atom stereocenters. The van der Waals surface area contributed by atoms with E-state index in [2.05, 4.69) is 17.9 Å². The molecular weight excluding hydrogens is 275 g/mol. The number of hydrogen-bond donors (Lipinski definition) is 2. The first-order valence-corrected chi connectivity index (χ1v) is 5.67. The zero-order valence-electron chi connectivity index (χ0n) is 9.45. The lowest BCUT2D eigenvalue weighted by Crippen LogP contribution is -2.14.